The minimum atomic E-state index is -0.232. The second kappa shape index (κ2) is 5.30. The molecule has 0 saturated heterocycles. The number of ether oxygens (including phenoxy) is 1. The van der Waals surface area contributed by atoms with Gasteiger partial charge in [-0.2, -0.15) is 0 Å². The summed E-state index contributed by atoms with van der Waals surface area (Å²) in [4.78, 5) is 0. The highest BCUT2D eigenvalue weighted by Crippen LogP contribution is 2.27. The van der Waals surface area contributed by atoms with Crippen LogP contribution in [0.25, 0.3) is 0 Å². The topological polar surface area (TPSA) is 35.2 Å². The molecule has 2 N–H and O–H groups in total. The minimum absolute atomic E-state index is 0.225. The molecule has 90 valence electrons. The van der Waals surface area contributed by atoms with Crippen molar-refractivity contribution in [3.8, 4) is 5.75 Å². The molecule has 0 saturated carbocycles. The van der Waals surface area contributed by atoms with E-state index in [0.717, 1.165) is 5.56 Å². The molecule has 1 atom stereocenters. The number of nitrogens with two attached hydrogens (primary N) is 1. The van der Waals surface area contributed by atoms with Crippen LogP contribution in [-0.4, -0.2) is 6.61 Å². The summed E-state index contributed by atoms with van der Waals surface area (Å²) in [5.41, 5.74) is 7.11. The number of hydrogen-bond donors (Lipinski definition) is 1. The lowest BCUT2D eigenvalue weighted by atomic mass is 10.0. The smallest absolute Gasteiger partial charge is 0.126 e. The van der Waals surface area contributed by atoms with Crippen molar-refractivity contribution in [3.05, 3.63) is 29.1 Å². The molecule has 0 aromatic heterocycles. The zero-order chi connectivity index (χ0) is 12.3. The molecule has 1 rings (SSSR count). The van der Waals surface area contributed by atoms with Crippen molar-refractivity contribution in [3.63, 3.8) is 0 Å². The fourth-order valence-electron chi connectivity index (χ4n) is 1.41. The van der Waals surface area contributed by atoms with Gasteiger partial charge in [-0.15, -0.1) is 0 Å². The van der Waals surface area contributed by atoms with E-state index in [-0.39, 0.29) is 11.9 Å². The summed E-state index contributed by atoms with van der Waals surface area (Å²) in [6.45, 7) is 8.31. The van der Waals surface area contributed by atoms with Crippen molar-refractivity contribution in [1.82, 2.24) is 0 Å². The van der Waals surface area contributed by atoms with Gasteiger partial charge < -0.3 is 10.5 Å². The molecule has 0 spiro atoms. The first-order valence-corrected chi connectivity index (χ1v) is 5.60. The van der Waals surface area contributed by atoms with Crippen LogP contribution in [-0.2, 0) is 0 Å². The maximum atomic E-state index is 13.4. The lowest BCUT2D eigenvalue weighted by Gasteiger charge is -2.16. The maximum absolute atomic E-state index is 13.4. The molecule has 3 heteroatoms. The normalized spacial score (nSPS) is 12.9. The summed E-state index contributed by atoms with van der Waals surface area (Å²) in [5.74, 6) is 0.901. The largest absolute Gasteiger partial charge is 0.493 e. The van der Waals surface area contributed by atoms with Gasteiger partial charge in [0, 0.05) is 11.6 Å². The molecule has 0 radical (unpaired) electrons. The number of benzene rings is 1. The van der Waals surface area contributed by atoms with Crippen molar-refractivity contribution >= 4 is 0 Å². The molecule has 0 heterocycles. The molecule has 0 aliphatic rings. The van der Waals surface area contributed by atoms with E-state index in [9.17, 15) is 4.39 Å². The fraction of sp³-hybridized carbons (Fsp3) is 0.538. The van der Waals surface area contributed by atoms with Gasteiger partial charge in [0.25, 0.3) is 0 Å². The quantitative estimate of drug-likeness (QED) is 0.854. The molecule has 0 unspecified atom stereocenters. The van der Waals surface area contributed by atoms with E-state index in [4.69, 9.17) is 10.5 Å². The Hall–Kier alpha value is -1.09. The van der Waals surface area contributed by atoms with Gasteiger partial charge in [-0.25, -0.2) is 4.39 Å². The summed E-state index contributed by atoms with van der Waals surface area (Å²) < 4.78 is 19.1. The van der Waals surface area contributed by atoms with Crippen molar-refractivity contribution in [2.75, 3.05) is 6.61 Å². The lowest BCUT2D eigenvalue weighted by Crippen LogP contribution is -2.11. The second-order valence-electron chi connectivity index (χ2n) is 4.63. The summed E-state index contributed by atoms with van der Waals surface area (Å²) in [6, 6.07) is 2.96. The Labute approximate surface area is 96.6 Å². The predicted octanol–water partition coefficient (Wildman–Crippen LogP) is 3.19. The number of rotatable bonds is 4. The van der Waals surface area contributed by atoms with Crippen molar-refractivity contribution in [2.24, 2.45) is 11.7 Å². The van der Waals surface area contributed by atoms with E-state index >= 15 is 0 Å². The zero-order valence-electron chi connectivity index (χ0n) is 10.4. The first-order valence-electron chi connectivity index (χ1n) is 5.60. The van der Waals surface area contributed by atoms with Crippen molar-refractivity contribution in [2.45, 2.75) is 33.7 Å². The fourth-order valence-corrected chi connectivity index (χ4v) is 1.41. The third-order valence-corrected chi connectivity index (χ3v) is 2.35. The van der Waals surface area contributed by atoms with Crippen LogP contribution in [0.4, 0.5) is 4.39 Å². The monoisotopic (exact) mass is 225 g/mol. The van der Waals surface area contributed by atoms with Gasteiger partial charge in [-0.05, 0) is 37.5 Å². The first-order chi connectivity index (χ1) is 7.41. The SMILES string of the molecule is Cc1cc(OCC(C)C)c([C@@H](C)N)cc1F. The highest BCUT2D eigenvalue weighted by molar-refractivity contribution is 5.39. The molecule has 0 aliphatic carbocycles. The molecule has 1 aromatic carbocycles. The summed E-state index contributed by atoms with van der Waals surface area (Å²) in [5, 5.41) is 0. The lowest BCUT2D eigenvalue weighted by molar-refractivity contribution is 0.267. The molecular weight excluding hydrogens is 205 g/mol. The highest BCUT2D eigenvalue weighted by Gasteiger charge is 2.12. The van der Waals surface area contributed by atoms with Crippen LogP contribution >= 0.6 is 0 Å². The standard InChI is InChI=1S/C13H20FNO/c1-8(2)7-16-13-5-9(3)12(14)6-11(13)10(4)15/h5-6,8,10H,7,15H2,1-4H3/t10-/m1/s1. The summed E-state index contributed by atoms with van der Waals surface area (Å²) >= 11 is 0. The van der Waals surface area contributed by atoms with Crippen LogP contribution in [0.15, 0.2) is 12.1 Å². The zero-order valence-corrected chi connectivity index (χ0v) is 10.4. The third-order valence-electron chi connectivity index (χ3n) is 2.35. The van der Waals surface area contributed by atoms with Gasteiger partial charge in [0.15, 0.2) is 0 Å². The van der Waals surface area contributed by atoms with Gasteiger partial charge in [0.1, 0.15) is 11.6 Å². The summed E-state index contributed by atoms with van der Waals surface area (Å²) in [7, 11) is 0. The van der Waals surface area contributed by atoms with Gasteiger partial charge in [0.2, 0.25) is 0 Å². The Balaban J connectivity index is 3.00. The average molecular weight is 225 g/mol. The Kier molecular flexibility index (Phi) is 4.30. The van der Waals surface area contributed by atoms with Crippen molar-refractivity contribution in [1.29, 1.82) is 0 Å². The number of halogens is 1. The van der Waals surface area contributed by atoms with Crippen molar-refractivity contribution < 1.29 is 9.13 Å². The Morgan fingerprint density at radius 1 is 1.31 bits per heavy atom. The van der Waals surface area contributed by atoms with E-state index in [1.165, 1.54) is 6.07 Å². The van der Waals surface area contributed by atoms with Crippen LogP contribution in [0.5, 0.6) is 5.75 Å². The molecule has 0 aliphatic heterocycles. The van der Waals surface area contributed by atoms with E-state index in [0.29, 0.717) is 23.8 Å². The van der Waals surface area contributed by atoms with Crippen LogP contribution < -0.4 is 10.5 Å². The van der Waals surface area contributed by atoms with Crippen LogP contribution in [0, 0.1) is 18.7 Å². The van der Waals surface area contributed by atoms with Gasteiger partial charge in [0.05, 0.1) is 6.61 Å². The third kappa shape index (κ3) is 3.20. The second-order valence-corrected chi connectivity index (χ2v) is 4.63. The minimum Gasteiger partial charge on any atom is -0.493 e. The number of hydrogen-bond acceptors (Lipinski definition) is 2. The van der Waals surface area contributed by atoms with Crippen LogP contribution in [0.3, 0.4) is 0 Å². The van der Waals surface area contributed by atoms with E-state index in [1.54, 1.807) is 13.0 Å². The Morgan fingerprint density at radius 2 is 1.94 bits per heavy atom. The molecule has 2 nitrogen and oxygen atoms in total. The van der Waals surface area contributed by atoms with Gasteiger partial charge >= 0.3 is 0 Å². The molecule has 0 amide bonds. The van der Waals surface area contributed by atoms with E-state index in [2.05, 4.69) is 13.8 Å². The van der Waals surface area contributed by atoms with Gasteiger partial charge in [-0.1, -0.05) is 13.8 Å². The summed E-state index contributed by atoms with van der Waals surface area (Å²) in [6.07, 6.45) is 0. The molecule has 0 fully saturated rings. The number of aryl methyl sites for hydroxylation is 1. The maximum Gasteiger partial charge on any atom is 0.126 e. The van der Waals surface area contributed by atoms with Crippen LogP contribution in [0.1, 0.15) is 37.9 Å². The molecule has 16 heavy (non-hydrogen) atoms. The van der Waals surface area contributed by atoms with Gasteiger partial charge in [-0.3, -0.25) is 0 Å². The highest BCUT2D eigenvalue weighted by atomic mass is 19.1. The van der Waals surface area contributed by atoms with E-state index < -0.39 is 0 Å². The Bertz CT molecular complexity index is 361. The first kappa shape index (κ1) is 13.0. The van der Waals surface area contributed by atoms with Crippen LogP contribution in [0.2, 0.25) is 0 Å². The van der Waals surface area contributed by atoms with E-state index in [1.807, 2.05) is 6.92 Å². The molecule has 1 aromatic rings. The molecule has 0 bridgehead atoms. The average Bonchev–Trinajstić information content (AvgIpc) is 2.18. The molecular formula is C13H20FNO. The predicted molar refractivity (Wildman–Crippen MR) is 64.1 cm³/mol. The Morgan fingerprint density at radius 3 is 2.44 bits per heavy atom.